The molecule has 90 valence electrons. The van der Waals surface area contributed by atoms with Crippen molar-refractivity contribution in [2.45, 2.75) is 12.5 Å². The Hall–Kier alpha value is -0.610. The van der Waals surface area contributed by atoms with Gasteiger partial charge in [-0.1, -0.05) is 24.3 Å². The van der Waals surface area contributed by atoms with E-state index in [4.69, 9.17) is 25.8 Å². The summed E-state index contributed by atoms with van der Waals surface area (Å²) in [6.45, 7) is 1.99. The molecule has 1 rings (SSSR count). The highest BCUT2D eigenvalue weighted by Crippen LogP contribution is 2.07. The SMILES string of the molecule is COCCOCOCc1ccc(CCl)cc1. The molecule has 0 saturated carbocycles. The molecule has 0 aliphatic heterocycles. The van der Waals surface area contributed by atoms with Crippen molar-refractivity contribution < 1.29 is 14.2 Å². The van der Waals surface area contributed by atoms with Crippen molar-refractivity contribution in [3.63, 3.8) is 0 Å². The largest absolute Gasteiger partial charge is 0.382 e. The van der Waals surface area contributed by atoms with E-state index in [1.54, 1.807) is 7.11 Å². The van der Waals surface area contributed by atoms with Gasteiger partial charge in [-0.15, -0.1) is 11.6 Å². The van der Waals surface area contributed by atoms with Gasteiger partial charge >= 0.3 is 0 Å². The second kappa shape index (κ2) is 8.53. The lowest BCUT2D eigenvalue weighted by Gasteiger charge is -2.05. The minimum absolute atomic E-state index is 0.292. The van der Waals surface area contributed by atoms with Gasteiger partial charge in [0, 0.05) is 13.0 Å². The number of hydrogen-bond donors (Lipinski definition) is 0. The van der Waals surface area contributed by atoms with Crippen LogP contribution in [-0.4, -0.2) is 27.1 Å². The van der Waals surface area contributed by atoms with Crippen LogP contribution in [0.15, 0.2) is 24.3 Å². The summed E-state index contributed by atoms with van der Waals surface area (Å²) in [5.74, 6) is 0.543. The predicted octanol–water partition coefficient (Wildman–Crippen LogP) is 2.56. The van der Waals surface area contributed by atoms with E-state index in [1.165, 1.54) is 0 Å². The first-order chi connectivity index (χ1) is 7.86. The number of ether oxygens (including phenoxy) is 3. The Balaban J connectivity index is 2.12. The third kappa shape index (κ3) is 5.47. The topological polar surface area (TPSA) is 27.7 Å². The zero-order valence-corrected chi connectivity index (χ0v) is 10.2. The molecule has 4 heteroatoms. The van der Waals surface area contributed by atoms with E-state index < -0.39 is 0 Å². The number of benzene rings is 1. The molecule has 16 heavy (non-hydrogen) atoms. The molecular weight excluding hydrogens is 228 g/mol. The predicted molar refractivity (Wildman–Crippen MR) is 63.5 cm³/mol. The molecule has 1 aromatic carbocycles. The molecule has 0 aliphatic carbocycles. The lowest BCUT2D eigenvalue weighted by Crippen LogP contribution is -2.05. The monoisotopic (exact) mass is 244 g/mol. The molecule has 0 saturated heterocycles. The molecule has 0 unspecified atom stereocenters. The van der Waals surface area contributed by atoms with Crippen LogP contribution in [0.5, 0.6) is 0 Å². The van der Waals surface area contributed by atoms with E-state index in [1.807, 2.05) is 24.3 Å². The Morgan fingerprint density at radius 3 is 2.31 bits per heavy atom. The molecular formula is C12H17ClO3. The van der Waals surface area contributed by atoms with Crippen LogP contribution in [0.25, 0.3) is 0 Å². The molecule has 0 atom stereocenters. The van der Waals surface area contributed by atoms with Crippen LogP contribution >= 0.6 is 11.6 Å². The number of methoxy groups -OCH3 is 1. The summed E-state index contributed by atoms with van der Waals surface area (Å²) in [4.78, 5) is 0. The molecule has 0 aliphatic rings. The Morgan fingerprint density at radius 2 is 1.69 bits per heavy atom. The zero-order chi connectivity index (χ0) is 11.6. The van der Waals surface area contributed by atoms with Crippen LogP contribution < -0.4 is 0 Å². The molecule has 0 amide bonds. The second-order valence-corrected chi connectivity index (χ2v) is 3.58. The lowest BCUT2D eigenvalue weighted by molar-refractivity contribution is -0.0724. The fraction of sp³-hybridized carbons (Fsp3) is 0.500. The van der Waals surface area contributed by atoms with Gasteiger partial charge < -0.3 is 14.2 Å². The summed E-state index contributed by atoms with van der Waals surface area (Å²) in [6, 6.07) is 8.01. The number of hydrogen-bond acceptors (Lipinski definition) is 3. The summed E-state index contributed by atoms with van der Waals surface area (Å²) in [6.07, 6.45) is 0. The molecule has 0 fully saturated rings. The molecule has 0 radical (unpaired) electrons. The molecule has 3 nitrogen and oxygen atoms in total. The molecule has 1 aromatic rings. The fourth-order valence-corrected chi connectivity index (χ4v) is 1.32. The van der Waals surface area contributed by atoms with E-state index in [2.05, 4.69) is 0 Å². The number of halogens is 1. The van der Waals surface area contributed by atoms with Crippen molar-refractivity contribution in [2.75, 3.05) is 27.1 Å². The maximum Gasteiger partial charge on any atom is 0.147 e. The van der Waals surface area contributed by atoms with Crippen molar-refractivity contribution in [3.8, 4) is 0 Å². The minimum atomic E-state index is 0.292. The highest BCUT2D eigenvalue weighted by molar-refractivity contribution is 6.17. The summed E-state index contributed by atoms with van der Waals surface area (Å²) in [5, 5.41) is 0. The molecule has 0 N–H and O–H groups in total. The van der Waals surface area contributed by atoms with Gasteiger partial charge in [-0.3, -0.25) is 0 Å². The van der Waals surface area contributed by atoms with E-state index in [-0.39, 0.29) is 0 Å². The Labute approximate surface area is 101 Å². The van der Waals surface area contributed by atoms with Gasteiger partial charge in [0.25, 0.3) is 0 Å². The maximum absolute atomic E-state index is 5.69. The van der Waals surface area contributed by atoms with Crippen LogP contribution in [0, 0.1) is 0 Å². The first-order valence-electron chi connectivity index (χ1n) is 5.15. The van der Waals surface area contributed by atoms with Crippen molar-refractivity contribution in [1.82, 2.24) is 0 Å². The van der Waals surface area contributed by atoms with Crippen molar-refractivity contribution in [3.05, 3.63) is 35.4 Å². The fourth-order valence-electron chi connectivity index (χ4n) is 1.14. The van der Waals surface area contributed by atoms with Crippen molar-refractivity contribution in [1.29, 1.82) is 0 Å². The average molecular weight is 245 g/mol. The van der Waals surface area contributed by atoms with Crippen LogP contribution in [0.3, 0.4) is 0 Å². The van der Waals surface area contributed by atoms with E-state index in [0.29, 0.717) is 32.5 Å². The Bertz CT molecular complexity index is 274. The number of rotatable bonds is 8. The van der Waals surface area contributed by atoms with Crippen molar-refractivity contribution in [2.24, 2.45) is 0 Å². The standard InChI is InChI=1S/C12H17ClO3/c1-14-6-7-15-10-16-9-12-4-2-11(8-13)3-5-12/h2-5H,6-10H2,1H3. The van der Waals surface area contributed by atoms with Gasteiger partial charge in [0.1, 0.15) is 6.79 Å². The average Bonchev–Trinajstić information content (AvgIpc) is 2.34. The highest BCUT2D eigenvalue weighted by atomic mass is 35.5. The first kappa shape index (κ1) is 13.5. The van der Waals surface area contributed by atoms with Gasteiger partial charge in [-0.25, -0.2) is 0 Å². The first-order valence-corrected chi connectivity index (χ1v) is 5.68. The molecule has 0 bridgehead atoms. The van der Waals surface area contributed by atoms with Gasteiger partial charge in [0.2, 0.25) is 0 Å². The summed E-state index contributed by atoms with van der Waals surface area (Å²) >= 11 is 5.69. The third-order valence-corrected chi connectivity index (χ3v) is 2.35. The Morgan fingerprint density at radius 1 is 1.00 bits per heavy atom. The van der Waals surface area contributed by atoms with Crippen molar-refractivity contribution >= 4 is 11.6 Å². The minimum Gasteiger partial charge on any atom is -0.382 e. The summed E-state index contributed by atoms with van der Waals surface area (Å²) < 4.78 is 15.3. The van der Waals surface area contributed by atoms with Crippen LogP contribution in [-0.2, 0) is 26.7 Å². The Kier molecular flexibility index (Phi) is 7.17. The molecule has 0 spiro atoms. The maximum atomic E-state index is 5.69. The van der Waals surface area contributed by atoms with E-state index in [0.717, 1.165) is 11.1 Å². The summed E-state index contributed by atoms with van der Waals surface area (Å²) in [5.41, 5.74) is 2.23. The second-order valence-electron chi connectivity index (χ2n) is 3.32. The van der Waals surface area contributed by atoms with Crippen LogP contribution in [0.4, 0.5) is 0 Å². The quantitative estimate of drug-likeness (QED) is 0.400. The van der Waals surface area contributed by atoms with Gasteiger partial charge in [0.15, 0.2) is 0 Å². The van der Waals surface area contributed by atoms with Gasteiger partial charge in [-0.05, 0) is 11.1 Å². The van der Waals surface area contributed by atoms with Crippen LogP contribution in [0.1, 0.15) is 11.1 Å². The lowest BCUT2D eigenvalue weighted by atomic mass is 10.2. The molecule has 0 heterocycles. The molecule has 0 aromatic heterocycles. The van der Waals surface area contributed by atoms with E-state index in [9.17, 15) is 0 Å². The van der Waals surface area contributed by atoms with Gasteiger partial charge in [0.05, 0.1) is 19.8 Å². The number of alkyl halides is 1. The normalized spacial score (nSPS) is 10.6. The summed E-state index contributed by atoms with van der Waals surface area (Å²) in [7, 11) is 1.64. The van der Waals surface area contributed by atoms with Crippen LogP contribution in [0.2, 0.25) is 0 Å². The highest BCUT2D eigenvalue weighted by Gasteiger charge is 1.94. The smallest absolute Gasteiger partial charge is 0.147 e. The van der Waals surface area contributed by atoms with E-state index >= 15 is 0 Å². The van der Waals surface area contributed by atoms with Gasteiger partial charge in [-0.2, -0.15) is 0 Å². The zero-order valence-electron chi connectivity index (χ0n) is 9.45. The third-order valence-electron chi connectivity index (χ3n) is 2.04.